The number of aryl methyl sites for hydroxylation is 1. The van der Waals surface area contributed by atoms with E-state index in [0.29, 0.717) is 49.7 Å². The van der Waals surface area contributed by atoms with E-state index in [1.54, 1.807) is 22.8 Å². The molecular weight excluding hydrogens is 336 g/mol. The molecule has 0 aliphatic carbocycles. The molecule has 0 fully saturated rings. The average Bonchev–Trinajstić information content (AvgIpc) is 2.86. The number of benzene rings is 1. The second-order valence-corrected chi connectivity index (χ2v) is 6.12. The van der Waals surface area contributed by atoms with Crippen LogP contribution in [0.25, 0.3) is 0 Å². The largest absolute Gasteiger partial charge is 0.490 e. The Kier molecular flexibility index (Phi) is 5.60. The van der Waals surface area contributed by atoms with Crippen LogP contribution in [0.3, 0.4) is 0 Å². The molecule has 8 nitrogen and oxygen atoms in total. The van der Waals surface area contributed by atoms with Crippen LogP contribution >= 0.6 is 0 Å². The minimum absolute atomic E-state index is 0.00860. The van der Waals surface area contributed by atoms with Gasteiger partial charge in [0.05, 0.1) is 13.2 Å². The minimum Gasteiger partial charge on any atom is -0.490 e. The van der Waals surface area contributed by atoms with Crippen molar-refractivity contribution in [1.82, 2.24) is 20.1 Å². The first-order valence-corrected chi connectivity index (χ1v) is 8.97. The third-order valence-electron chi connectivity index (χ3n) is 4.40. The Morgan fingerprint density at radius 1 is 1.27 bits per heavy atom. The molecular formula is C18H24N4O4. The number of rotatable bonds is 6. The average molecular weight is 360 g/mol. The summed E-state index contributed by atoms with van der Waals surface area (Å²) in [6.45, 7) is 5.36. The second-order valence-electron chi connectivity index (χ2n) is 6.12. The fourth-order valence-corrected chi connectivity index (χ4v) is 3.11. The van der Waals surface area contributed by atoms with Gasteiger partial charge in [-0.25, -0.2) is 9.89 Å². The highest BCUT2D eigenvalue weighted by Gasteiger charge is 2.21. The molecule has 1 unspecified atom stereocenters. The normalized spacial score (nSPS) is 16.5. The number of amides is 1. The Balaban J connectivity index is 1.68. The first-order valence-electron chi connectivity index (χ1n) is 8.97. The number of aromatic nitrogens is 3. The Morgan fingerprint density at radius 2 is 2.04 bits per heavy atom. The van der Waals surface area contributed by atoms with Crippen LogP contribution in [-0.4, -0.2) is 39.9 Å². The number of nitrogens with zero attached hydrogens (tertiary/aromatic N) is 2. The molecule has 1 aliphatic heterocycles. The van der Waals surface area contributed by atoms with Gasteiger partial charge >= 0.3 is 5.69 Å². The Bertz CT molecular complexity index is 827. The van der Waals surface area contributed by atoms with Gasteiger partial charge in [-0.1, -0.05) is 0 Å². The first-order chi connectivity index (χ1) is 12.6. The second kappa shape index (κ2) is 8.07. The van der Waals surface area contributed by atoms with Gasteiger partial charge < -0.3 is 14.8 Å². The van der Waals surface area contributed by atoms with Gasteiger partial charge in [0.2, 0.25) is 0 Å². The van der Waals surface area contributed by atoms with Crippen LogP contribution in [0.5, 0.6) is 11.5 Å². The zero-order valence-corrected chi connectivity index (χ0v) is 15.1. The van der Waals surface area contributed by atoms with E-state index in [9.17, 15) is 9.59 Å². The van der Waals surface area contributed by atoms with Crippen LogP contribution < -0.4 is 20.5 Å². The molecule has 1 amide bonds. The predicted octanol–water partition coefficient (Wildman–Crippen LogP) is 1.50. The number of hydrogen-bond acceptors (Lipinski definition) is 5. The molecule has 0 saturated carbocycles. The molecule has 1 aliphatic rings. The van der Waals surface area contributed by atoms with E-state index in [-0.39, 0.29) is 17.6 Å². The van der Waals surface area contributed by atoms with Gasteiger partial charge in [0.1, 0.15) is 5.82 Å². The van der Waals surface area contributed by atoms with Crippen LogP contribution in [0, 0.1) is 0 Å². The van der Waals surface area contributed by atoms with Gasteiger partial charge in [0, 0.05) is 24.6 Å². The molecule has 1 aromatic carbocycles. The third kappa shape index (κ3) is 3.89. The zero-order chi connectivity index (χ0) is 18.5. The van der Waals surface area contributed by atoms with Crippen LogP contribution in [0.1, 0.15) is 42.9 Å². The van der Waals surface area contributed by atoms with Crippen molar-refractivity contribution >= 4 is 5.91 Å². The van der Waals surface area contributed by atoms with Crippen molar-refractivity contribution in [2.45, 2.75) is 45.7 Å². The van der Waals surface area contributed by atoms with Crippen molar-refractivity contribution in [3.05, 3.63) is 40.1 Å². The van der Waals surface area contributed by atoms with Crippen molar-refractivity contribution < 1.29 is 14.3 Å². The first kappa shape index (κ1) is 18.0. The van der Waals surface area contributed by atoms with Crippen molar-refractivity contribution in [2.75, 3.05) is 13.2 Å². The van der Waals surface area contributed by atoms with Crippen LogP contribution in [0.2, 0.25) is 0 Å². The van der Waals surface area contributed by atoms with E-state index in [0.717, 1.165) is 12.2 Å². The van der Waals surface area contributed by atoms with Crippen LogP contribution in [-0.2, 0) is 13.0 Å². The molecule has 3 rings (SSSR count). The maximum atomic E-state index is 12.6. The van der Waals surface area contributed by atoms with E-state index in [1.165, 1.54) is 0 Å². The molecule has 0 bridgehead atoms. The van der Waals surface area contributed by atoms with E-state index >= 15 is 0 Å². The van der Waals surface area contributed by atoms with Gasteiger partial charge in [-0.05, 0) is 44.9 Å². The summed E-state index contributed by atoms with van der Waals surface area (Å²) >= 11 is 0. The van der Waals surface area contributed by atoms with Gasteiger partial charge in [-0.2, -0.15) is 5.10 Å². The molecule has 140 valence electrons. The third-order valence-corrected chi connectivity index (χ3v) is 4.40. The highest BCUT2D eigenvalue weighted by Crippen LogP contribution is 2.28. The van der Waals surface area contributed by atoms with E-state index in [1.807, 2.05) is 13.8 Å². The number of carbonyl (C=O) groups is 1. The maximum Gasteiger partial charge on any atom is 0.343 e. The summed E-state index contributed by atoms with van der Waals surface area (Å²) in [6.07, 6.45) is 2.08. The number of H-pyrrole nitrogens is 1. The van der Waals surface area contributed by atoms with E-state index < -0.39 is 0 Å². The zero-order valence-electron chi connectivity index (χ0n) is 15.1. The minimum atomic E-state index is -0.195. The Morgan fingerprint density at radius 3 is 2.81 bits per heavy atom. The fourth-order valence-electron chi connectivity index (χ4n) is 3.11. The molecule has 1 atom stereocenters. The smallest absolute Gasteiger partial charge is 0.343 e. The summed E-state index contributed by atoms with van der Waals surface area (Å²) < 4.78 is 12.7. The maximum absolute atomic E-state index is 12.6. The van der Waals surface area contributed by atoms with Gasteiger partial charge in [-0.15, -0.1) is 0 Å². The lowest BCUT2D eigenvalue weighted by atomic mass is 10.1. The van der Waals surface area contributed by atoms with Crippen molar-refractivity contribution in [3.8, 4) is 11.5 Å². The number of fused-ring (bicyclic) bond motifs is 1. The summed E-state index contributed by atoms with van der Waals surface area (Å²) in [6, 6.07) is 5.18. The summed E-state index contributed by atoms with van der Waals surface area (Å²) in [7, 11) is 0. The molecule has 1 aromatic heterocycles. The lowest BCUT2D eigenvalue weighted by Crippen LogP contribution is -2.35. The fraction of sp³-hybridized carbons (Fsp3) is 0.500. The molecule has 0 saturated heterocycles. The molecule has 2 heterocycles. The van der Waals surface area contributed by atoms with Crippen LogP contribution in [0.15, 0.2) is 23.0 Å². The molecule has 2 N–H and O–H groups in total. The van der Waals surface area contributed by atoms with Crippen LogP contribution in [0.4, 0.5) is 0 Å². The lowest BCUT2D eigenvalue weighted by molar-refractivity contribution is 0.0932. The number of carbonyl (C=O) groups excluding carboxylic acids is 1. The standard InChI is InChI=1S/C18H24N4O4/c1-3-25-14-7-5-12(11-15(14)26-4-2)17(23)19-13-6-8-16-20-21-18(24)22(16)10-9-13/h5,7,11,13H,3-4,6,8-10H2,1-2H3,(H,19,23)(H,21,24). The molecule has 26 heavy (non-hydrogen) atoms. The summed E-state index contributed by atoms with van der Waals surface area (Å²) in [4.78, 5) is 24.3. The quantitative estimate of drug-likeness (QED) is 0.814. The topological polar surface area (TPSA) is 98.2 Å². The number of aromatic amines is 1. The number of ether oxygens (including phenoxy) is 2. The highest BCUT2D eigenvalue weighted by molar-refractivity contribution is 5.95. The Hall–Kier alpha value is -2.77. The monoisotopic (exact) mass is 360 g/mol. The lowest BCUT2D eigenvalue weighted by Gasteiger charge is -2.17. The van der Waals surface area contributed by atoms with Gasteiger partial charge in [-0.3, -0.25) is 9.36 Å². The highest BCUT2D eigenvalue weighted by atomic mass is 16.5. The van der Waals surface area contributed by atoms with Gasteiger partial charge in [0.25, 0.3) is 5.91 Å². The van der Waals surface area contributed by atoms with Crippen molar-refractivity contribution in [1.29, 1.82) is 0 Å². The summed E-state index contributed by atoms with van der Waals surface area (Å²) in [5.74, 6) is 1.78. The van der Waals surface area contributed by atoms with Gasteiger partial charge in [0.15, 0.2) is 11.5 Å². The summed E-state index contributed by atoms with van der Waals surface area (Å²) in [5.41, 5.74) is 0.330. The number of hydrogen-bond donors (Lipinski definition) is 2. The summed E-state index contributed by atoms with van der Waals surface area (Å²) in [5, 5.41) is 9.55. The molecule has 0 radical (unpaired) electrons. The van der Waals surface area contributed by atoms with Crippen molar-refractivity contribution in [2.24, 2.45) is 0 Å². The molecule has 2 aromatic rings. The number of nitrogens with one attached hydrogen (secondary N) is 2. The Labute approximate surface area is 151 Å². The van der Waals surface area contributed by atoms with Crippen molar-refractivity contribution in [3.63, 3.8) is 0 Å². The molecule has 8 heteroatoms. The van der Waals surface area contributed by atoms with E-state index in [2.05, 4.69) is 15.5 Å². The predicted molar refractivity (Wildman–Crippen MR) is 95.8 cm³/mol. The molecule has 0 spiro atoms. The van der Waals surface area contributed by atoms with E-state index in [4.69, 9.17) is 9.47 Å². The SMILES string of the molecule is CCOc1ccc(C(=O)NC2CCc3n[nH]c(=O)n3CC2)cc1OCC.